The molecule has 3 rings (SSSR count). The van der Waals surface area contributed by atoms with Crippen LogP contribution in [0.4, 0.5) is 11.4 Å². The molecular weight excluding hydrogens is 383 g/mol. The van der Waals surface area contributed by atoms with Crippen molar-refractivity contribution in [1.29, 1.82) is 0 Å². The first-order chi connectivity index (χ1) is 13.0. The van der Waals surface area contributed by atoms with Gasteiger partial charge in [-0.15, -0.1) is 0 Å². The molecule has 1 unspecified atom stereocenters. The quantitative estimate of drug-likeness (QED) is 0.563. The number of hydrogen-bond acceptors (Lipinski definition) is 3. The van der Waals surface area contributed by atoms with Crippen molar-refractivity contribution in [3.63, 3.8) is 0 Å². The SMILES string of the molecule is COc1ccc(NC(N)=NCC2CCN(c3cc(Cl)ccc3C)C2)cc1Cl. The fraction of sp³-hybridized carbons (Fsp3) is 0.350. The van der Waals surface area contributed by atoms with Crippen LogP contribution in [0.25, 0.3) is 0 Å². The van der Waals surface area contributed by atoms with Gasteiger partial charge < -0.3 is 20.7 Å². The topological polar surface area (TPSA) is 62.9 Å². The summed E-state index contributed by atoms with van der Waals surface area (Å²) >= 11 is 12.3. The van der Waals surface area contributed by atoms with Crippen LogP contribution in [0.15, 0.2) is 41.4 Å². The number of aryl methyl sites for hydroxylation is 1. The van der Waals surface area contributed by atoms with Crippen LogP contribution in [-0.4, -0.2) is 32.7 Å². The molecule has 1 aliphatic heterocycles. The number of hydrogen-bond donors (Lipinski definition) is 2. The van der Waals surface area contributed by atoms with Crippen LogP contribution < -0.4 is 20.7 Å². The fourth-order valence-electron chi connectivity index (χ4n) is 3.28. The van der Waals surface area contributed by atoms with Gasteiger partial charge in [0.2, 0.25) is 0 Å². The van der Waals surface area contributed by atoms with Crippen LogP contribution in [0.5, 0.6) is 5.75 Å². The van der Waals surface area contributed by atoms with Gasteiger partial charge in [0.15, 0.2) is 5.96 Å². The number of nitrogens with zero attached hydrogens (tertiary/aromatic N) is 2. The minimum atomic E-state index is 0.383. The minimum absolute atomic E-state index is 0.383. The Hall–Kier alpha value is -2.11. The summed E-state index contributed by atoms with van der Waals surface area (Å²) in [5.41, 5.74) is 9.25. The summed E-state index contributed by atoms with van der Waals surface area (Å²) in [6, 6.07) is 11.4. The van der Waals surface area contributed by atoms with E-state index in [2.05, 4.69) is 28.2 Å². The molecule has 3 N–H and O–H groups in total. The Morgan fingerprint density at radius 3 is 2.85 bits per heavy atom. The molecule has 7 heteroatoms. The number of rotatable bonds is 5. The molecule has 144 valence electrons. The maximum absolute atomic E-state index is 6.15. The van der Waals surface area contributed by atoms with Crippen LogP contribution >= 0.6 is 23.2 Å². The number of halogens is 2. The van der Waals surface area contributed by atoms with Crippen molar-refractivity contribution in [2.45, 2.75) is 13.3 Å². The Balaban J connectivity index is 1.56. The van der Waals surface area contributed by atoms with Crippen molar-refractivity contribution < 1.29 is 4.74 Å². The van der Waals surface area contributed by atoms with Gasteiger partial charge in [-0.1, -0.05) is 29.3 Å². The summed E-state index contributed by atoms with van der Waals surface area (Å²) in [4.78, 5) is 6.87. The lowest BCUT2D eigenvalue weighted by atomic mass is 10.1. The zero-order valence-electron chi connectivity index (χ0n) is 15.5. The van der Waals surface area contributed by atoms with Crippen LogP contribution in [0.3, 0.4) is 0 Å². The highest BCUT2D eigenvalue weighted by atomic mass is 35.5. The van der Waals surface area contributed by atoms with Crippen LogP contribution in [0.2, 0.25) is 10.0 Å². The summed E-state index contributed by atoms with van der Waals surface area (Å²) < 4.78 is 5.15. The number of nitrogens with two attached hydrogens (primary N) is 1. The summed E-state index contributed by atoms with van der Waals surface area (Å²) in [5, 5.41) is 4.37. The lowest BCUT2D eigenvalue weighted by Gasteiger charge is -2.21. The Morgan fingerprint density at radius 2 is 2.11 bits per heavy atom. The van der Waals surface area contributed by atoms with E-state index in [9.17, 15) is 0 Å². The van der Waals surface area contributed by atoms with E-state index in [1.165, 1.54) is 11.3 Å². The molecule has 2 aromatic carbocycles. The second-order valence-electron chi connectivity index (χ2n) is 6.73. The van der Waals surface area contributed by atoms with Crippen molar-refractivity contribution in [3.05, 3.63) is 52.0 Å². The highest BCUT2D eigenvalue weighted by molar-refractivity contribution is 6.32. The van der Waals surface area contributed by atoms with Crippen LogP contribution in [0.1, 0.15) is 12.0 Å². The highest BCUT2D eigenvalue weighted by Gasteiger charge is 2.23. The van der Waals surface area contributed by atoms with Gasteiger partial charge in [0.1, 0.15) is 5.75 Å². The molecule has 1 atom stereocenters. The van der Waals surface area contributed by atoms with Crippen molar-refractivity contribution in [3.8, 4) is 5.75 Å². The molecule has 1 aliphatic rings. The third kappa shape index (κ3) is 4.99. The first-order valence-electron chi connectivity index (χ1n) is 8.88. The van der Waals surface area contributed by atoms with Crippen molar-refractivity contribution in [2.24, 2.45) is 16.6 Å². The Bertz CT molecular complexity index is 841. The molecule has 5 nitrogen and oxygen atoms in total. The first kappa shape index (κ1) is 19.6. The van der Waals surface area contributed by atoms with E-state index in [1.807, 2.05) is 18.2 Å². The van der Waals surface area contributed by atoms with Crippen LogP contribution in [0, 0.1) is 12.8 Å². The molecule has 0 amide bonds. The van der Waals surface area contributed by atoms with Gasteiger partial charge in [0, 0.05) is 36.0 Å². The molecule has 27 heavy (non-hydrogen) atoms. The van der Waals surface area contributed by atoms with E-state index in [0.29, 0.717) is 29.2 Å². The van der Waals surface area contributed by atoms with E-state index in [0.717, 1.165) is 30.2 Å². The van der Waals surface area contributed by atoms with E-state index in [-0.39, 0.29) is 0 Å². The predicted octanol–water partition coefficient (Wildman–Crippen LogP) is 4.56. The number of nitrogens with one attached hydrogen (secondary N) is 1. The second kappa shape index (κ2) is 8.72. The molecule has 0 aliphatic carbocycles. The standard InChI is InChI=1S/C20H24Cl2N4O/c1-13-3-4-15(21)9-18(13)26-8-7-14(12-26)11-24-20(23)25-16-5-6-19(27-2)17(22)10-16/h3-6,9-10,14H,7-8,11-12H2,1-2H3,(H3,23,24,25). The molecule has 0 spiro atoms. The van der Waals surface area contributed by atoms with Gasteiger partial charge >= 0.3 is 0 Å². The average Bonchev–Trinajstić information content (AvgIpc) is 3.11. The number of ether oxygens (including phenoxy) is 1. The zero-order valence-corrected chi connectivity index (χ0v) is 17.0. The second-order valence-corrected chi connectivity index (χ2v) is 7.58. The van der Waals surface area contributed by atoms with Crippen molar-refractivity contribution >= 4 is 40.5 Å². The number of anilines is 2. The third-order valence-corrected chi connectivity index (χ3v) is 5.27. The van der Waals surface area contributed by atoms with Gasteiger partial charge in [-0.25, -0.2) is 0 Å². The highest BCUT2D eigenvalue weighted by Crippen LogP contribution is 2.30. The molecule has 1 fully saturated rings. The molecule has 2 aromatic rings. The minimum Gasteiger partial charge on any atom is -0.495 e. The summed E-state index contributed by atoms with van der Waals surface area (Å²) in [6.07, 6.45) is 1.08. The third-order valence-electron chi connectivity index (χ3n) is 4.74. The number of guanidine groups is 1. The predicted molar refractivity (Wildman–Crippen MR) is 115 cm³/mol. The molecule has 0 radical (unpaired) electrons. The average molecular weight is 407 g/mol. The van der Waals surface area contributed by atoms with Gasteiger partial charge in [-0.2, -0.15) is 0 Å². The molecule has 0 saturated carbocycles. The van der Waals surface area contributed by atoms with Gasteiger partial charge in [0.25, 0.3) is 0 Å². The number of aliphatic imine (C=N–C) groups is 1. The zero-order chi connectivity index (χ0) is 19.4. The van der Waals surface area contributed by atoms with Gasteiger partial charge in [-0.05, 0) is 55.2 Å². The fourth-order valence-corrected chi connectivity index (χ4v) is 3.71. The molecular formula is C20H24Cl2N4O. The van der Waals surface area contributed by atoms with Crippen LogP contribution in [-0.2, 0) is 0 Å². The lowest BCUT2D eigenvalue weighted by molar-refractivity contribution is 0.415. The van der Waals surface area contributed by atoms with E-state index < -0.39 is 0 Å². The Morgan fingerprint density at radius 1 is 1.30 bits per heavy atom. The smallest absolute Gasteiger partial charge is 0.193 e. The Kier molecular flexibility index (Phi) is 6.34. The first-order valence-corrected chi connectivity index (χ1v) is 9.63. The van der Waals surface area contributed by atoms with Gasteiger partial charge in [0.05, 0.1) is 12.1 Å². The summed E-state index contributed by atoms with van der Waals surface area (Å²) in [7, 11) is 1.58. The Labute approximate surface area is 170 Å². The van der Waals surface area contributed by atoms with Crippen molar-refractivity contribution in [1.82, 2.24) is 0 Å². The largest absolute Gasteiger partial charge is 0.495 e. The lowest BCUT2D eigenvalue weighted by Crippen LogP contribution is -2.25. The van der Waals surface area contributed by atoms with Crippen molar-refractivity contribution in [2.75, 3.05) is 37.0 Å². The normalized spacial score (nSPS) is 17.3. The molecule has 0 bridgehead atoms. The number of methoxy groups -OCH3 is 1. The van der Waals surface area contributed by atoms with E-state index >= 15 is 0 Å². The summed E-state index contributed by atoms with van der Waals surface area (Å²) in [5.74, 6) is 1.47. The number of benzene rings is 2. The monoisotopic (exact) mass is 406 g/mol. The molecule has 0 aromatic heterocycles. The molecule has 1 saturated heterocycles. The van der Waals surface area contributed by atoms with Gasteiger partial charge in [-0.3, -0.25) is 4.99 Å². The maximum Gasteiger partial charge on any atom is 0.193 e. The van der Waals surface area contributed by atoms with E-state index in [4.69, 9.17) is 33.7 Å². The van der Waals surface area contributed by atoms with E-state index in [1.54, 1.807) is 19.2 Å². The summed E-state index contributed by atoms with van der Waals surface area (Å²) in [6.45, 7) is 4.74. The molecule has 1 heterocycles. The maximum atomic E-state index is 6.15.